The van der Waals surface area contributed by atoms with E-state index in [1.807, 2.05) is 0 Å². The summed E-state index contributed by atoms with van der Waals surface area (Å²) >= 11 is 7.98. The van der Waals surface area contributed by atoms with E-state index in [1.54, 1.807) is 0 Å². The van der Waals surface area contributed by atoms with Crippen LogP contribution >= 0.6 is 67.8 Å². The van der Waals surface area contributed by atoms with Crippen molar-refractivity contribution in [2.24, 2.45) is 5.92 Å². The van der Waals surface area contributed by atoms with Gasteiger partial charge in [0.05, 0.1) is 0 Å². The molecule has 15 heavy (non-hydrogen) atoms. The van der Waals surface area contributed by atoms with E-state index in [-0.39, 0.29) is 0 Å². The van der Waals surface area contributed by atoms with Crippen LogP contribution < -0.4 is 0 Å². The Morgan fingerprint density at radius 3 is 2.40 bits per heavy atom. The van der Waals surface area contributed by atoms with E-state index in [0.29, 0.717) is 3.42 Å². The molecule has 0 radical (unpaired) electrons. The summed E-state index contributed by atoms with van der Waals surface area (Å²) in [6, 6.07) is 0. The molecule has 0 amide bonds. The number of alkyl halides is 3. The molecule has 1 aliphatic rings. The third kappa shape index (κ3) is 6.06. The van der Waals surface area contributed by atoms with Crippen molar-refractivity contribution in [3.8, 4) is 0 Å². The average Bonchev–Trinajstić information content (AvgIpc) is 2.14. The van der Waals surface area contributed by atoms with Gasteiger partial charge in [-0.2, -0.15) is 0 Å². The first kappa shape index (κ1) is 15.2. The van der Waals surface area contributed by atoms with Crippen LogP contribution in [0.2, 0.25) is 0 Å². The van der Waals surface area contributed by atoms with Crippen LogP contribution in [0.25, 0.3) is 0 Å². The van der Waals surface area contributed by atoms with Crippen LogP contribution in [0.1, 0.15) is 52.4 Å². The Balaban J connectivity index is 2.35. The van der Waals surface area contributed by atoms with Gasteiger partial charge in [0.2, 0.25) is 0 Å². The molecule has 0 spiro atoms. The van der Waals surface area contributed by atoms with Gasteiger partial charge < -0.3 is 0 Å². The Morgan fingerprint density at radius 1 is 1.27 bits per heavy atom. The molecule has 90 valence electrons. The normalized spacial score (nSPS) is 30.2. The summed E-state index contributed by atoms with van der Waals surface area (Å²) in [5.41, 5.74) is 0. The van der Waals surface area contributed by atoms with E-state index in [0.717, 1.165) is 13.8 Å². The molecule has 3 heteroatoms. The highest BCUT2D eigenvalue weighted by Gasteiger charge is 2.29. The summed E-state index contributed by atoms with van der Waals surface area (Å²) in [6.45, 7) is 4.69. The Bertz CT molecular complexity index is 186. The smallest absolute Gasteiger partial charge is 0.0166 e. The predicted molar refractivity (Wildman–Crippen MR) is 94.9 cm³/mol. The molecule has 0 saturated heterocycles. The molecule has 0 N–H and O–H groups in total. The van der Waals surface area contributed by atoms with E-state index in [9.17, 15) is 0 Å². The zero-order valence-electron chi connectivity index (χ0n) is 9.61. The fourth-order valence-corrected chi connectivity index (χ4v) is 5.80. The van der Waals surface area contributed by atoms with Gasteiger partial charge in [-0.05, 0) is 31.6 Å². The summed E-state index contributed by atoms with van der Waals surface area (Å²) in [5, 5.41) is 0. The summed E-state index contributed by atoms with van der Waals surface area (Å²) in [6.07, 6.45) is 8.63. The summed E-state index contributed by atoms with van der Waals surface area (Å²) < 4.78 is 2.32. The second-order valence-corrected chi connectivity index (χ2v) is 11.4. The maximum absolute atomic E-state index is 2.71. The quantitative estimate of drug-likeness (QED) is 0.310. The van der Waals surface area contributed by atoms with Gasteiger partial charge in [-0.15, -0.1) is 0 Å². The lowest BCUT2D eigenvalue weighted by Gasteiger charge is -2.32. The highest BCUT2D eigenvalue weighted by atomic mass is 127. The molecule has 1 rings (SSSR count). The van der Waals surface area contributed by atoms with Crippen LogP contribution in [0, 0.1) is 5.92 Å². The molecule has 0 heterocycles. The number of hydrogen-bond donors (Lipinski definition) is 0. The molecule has 0 aromatic heterocycles. The fraction of sp³-hybridized carbons (Fsp3) is 1.00. The zero-order chi connectivity index (χ0) is 11.5. The van der Waals surface area contributed by atoms with Crippen molar-refractivity contribution < 1.29 is 0 Å². The lowest BCUT2D eigenvalue weighted by Crippen LogP contribution is -2.28. The zero-order valence-corrected chi connectivity index (χ0v) is 16.1. The third-order valence-electron chi connectivity index (χ3n) is 3.21. The highest BCUT2D eigenvalue weighted by Crippen LogP contribution is 2.38. The third-order valence-corrected chi connectivity index (χ3v) is 6.84. The standard InChI is InChI=1S/C12H21I3/c1-12(2,15)8-7-11(14)9-5-3-4-6-10(9)13/h9-11H,3-8H2,1-2H3. The van der Waals surface area contributed by atoms with E-state index in [2.05, 4.69) is 81.6 Å². The maximum Gasteiger partial charge on any atom is 0.0166 e. The van der Waals surface area contributed by atoms with Crippen molar-refractivity contribution >= 4 is 67.8 Å². The van der Waals surface area contributed by atoms with Crippen LogP contribution in [0.3, 0.4) is 0 Å². The number of halogens is 3. The van der Waals surface area contributed by atoms with Gasteiger partial charge in [0, 0.05) is 11.3 Å². The monoisotopic (exact) mass is 546 g/mol. The second kappa shape index (κ2) is 6.95. The van der Waals surface area contributed by atoms with Crippen molar-refractivity contribution in [2.45, 2.75) is 63.6 Å². The van der Waals surface area contributed by atoms with Crippen molar-refractivity contribution in [3.63, 3.8) is 0 Å². The summed E-state index contributed by atoms with van der Waals surface area (Å²) in [5.74, 6) is 0.985. The topological polar surface area (TPSA) is 0 Å². The first-order valence-corrected chi connectivity index (χ1v) is 9.44. The molecule has 0 aromatic rings. The van der Waals surface area contributed by atoms with Gasteiger partial charge in [-0.3, -0.25) is 0 Å². The molecular formula is C12H21I3. The lowest BCUT2D eigenvalue weighted by molar-refractivity contribution is 0.364. The van der Waals surface area contributed by atoms with E-state index in [1.165, 1.54) is 38.5 Å². The Kier molecular flexibility index (Phi) is 7.06. The van der Waals surface area contributed by atoms with Crippen LogP contribution in [-0.4, -0.2) is 11.3 Å². The van der Waals surface area contributed by atoms with Crippen molar-refractivity contribution in [1.29, 1.82) is 0 Å². The number of hydrogen-bond acceptors (Lipinski definition) is 0. The van der Waals surface area contributed by atoms with Crippen molar-refractivity contribution in [3.05, 3.63) is 0 Å². The molecule has 1 saturated carbocycles. The maximum atomic E-state index is 2.71. The molecule has 0 aliphatic heterocycles. The summed E-state index contributed by atoms with van der Waals surface area (Å²) in [4.78, 5) is 0. The van der Waals surface area contributed by atoms with Gasteiger partial charge in [0.25, 0.3) is 0 Å². The van der Waals surface area contributed by atoms with Crippen LogP contribution in [-0.2, 0) is 0 Å². The molecule has 3 atom stereocenters. The molecule has 3 unspecified atom stereocenters. The van der Waals surface area contributed by atoms with Crippen LogP contribution in [0.15, 0.2) is 0 Å². The molecular weight excluding hydrogens is 525 g/mol. The molecule has 1 fully saturated rings. The highest BCUT2D eigenvalue weighted by molar-refractivity contribution is 14.1. The summed E-state index contributed by atoms with van der Waals surface area (Å²) in [7, 11) is 0. The van der Waals surface area contributed by atoms with Gasteiger partial charge in [0.1, 0.15) is 0 Å². The van der Waals surface area contributed by atoms with Gasteiger partial charge in [-0.25, -0.2) is 0 Å². The molecule has 0 nitrogen and oxygen atoms in total. The van der Waals surface area contributed by atoms with Crippen molar-refractivity contribution in [1.82, 2.24) is 0 Å². The fourth-order valence-electron chi connectivity index (χ4n) is 2.22. The SMILES string of the molecule is CC(C)(I)CCC(I)C1CCCCC1I. The largest absolute Gasteiger partial charge is 0.0823 e. The van der Waals surface area contributed by atoms with Crippen LogP contribution in [0.4, 0.5) is 0 Å². The van der Waals surface area contributed by atoms with Crippen molar-refractivity contribution in [2.75, 3.05) is 0 Å². The van der Waals surface area contributed by atoms with E-state index in [4.69, 9.17) is 0 Å². The molecule has 1 aliphatic carbocycles. The minimum Gasteiger partial charge on any atom is -0.0823 e. The van der Waals surface area contributed by atoms with Gasteiger partial charge in [0.15, 0.2) is 0 Å². The van der Waals surface area contributed by atoms with E-state index < -0.39 is 0 Å². The number of rotatable bonds is 4. The first-order valence-electron chi connectivity index (χ1n) is 5.87. The minimum atomic E-state index is 0.483. The van der Waals surface area contributed by atoms with Gasteiger partial charge in [-0.1, -0.05) is 94.5 Å². The Hall–Kier alpha value is 2.19. The average molecular weight is 546 g/mol. The minimum absolute atomic E-state index is 0.483. The Labute approximate surface area is 136 Å². The predicted octanol–water partition coefficient (Wildman–Crippen LogP) is 5.78. The second-order valence-electron chi connectivity index (χ2n) is 5.24. The lowest BCUT2D eigenvalue weighted by atomic mass is 9.85. The molecule has 0 bridgehead atoms. The first-order chi connectivity index (χ1) is 6.90. The van der Waals surface area contributed by atoms with Gasteiger partial charge >= 0.3 is 0 Å². The van der Waals surface area contributed by atoms with Crippen LogP contribution in [0.5, 0.6) is 0 Å². The van der Waals surface area contributed by atoms with E-state index >= 15 is 0 Å². The Morgan fingerprint density at radius 2 is 1.87 bits per heavy atom. The molecule has 0 aromatic carbocycles.